The smallest absolute Gasteiger partial charge is 0.324 e. The third-order valence-corrected chi connectivity index (χ3v) is 8.12. The van der Waals surface area contributed by atoms with Gasteiger partial charge in [0.1, 0.15) is 11.6 Å². The number of benzene rings is 1. The number of carbonyl (C=O) groups is 1. The van der Waals surface area contributed by atoms with Gasteiger partial charge in [-0.2, -0.15) is 0 Å². The van der Waals surface area contributed by atoms with E-state index in [1.54, 1.807) is 12.4 Å². The standard InChI is InChI=1S/C29H38N4O2/c1-18(2)26(30)28(34)35-29(4,21-8-6-11-31-17-21)16-20-14-19(3)15-22-25-23(32(5)27(20)22)10-13-33-12-7-9-24(25)33/h6,8,11,14-15,17-18,24,26H,7,9-10,12-13,16,30H2,1-5H3. The molecule has 1 aromatic carbocycles. The van der Waals surface area contributed by atoms with Crippen LogP contribution in [0.2, 0.25) is 0 Å². The molecule has 3 atom stereocenters. The van der Waals surface area contributed by atoms with Crippen LogP contribution in [0, 0.1) is 12.8 Å². The van der Waals surface area contributed by atoms with E-state index in [0.29, 0.717) is 12.5 Å². The number of rotatable bonds is 6. The number of hydrogen-bond acceptors (Lipinski definition) is 5. The quantitative estimate of drug-likeness (QED) is 0.530. The lowest BCUT2D eigenvalue weighted by atomic mass is 9.87. The van der Waals surface area contributed by atoms with Crippen molar-refractivity contribution in [2.75, 3.05) is 13.1 Å². The Hall–Kier alpha value is -2.70. The zero-order valence-electron chi connectivity index (χ0n) is 21.7. The summed E-state index contributed by atoms with van der Waals surface area (Å²) in [6.07, 6.45) is 7.67. The van der Waals surface area contributed by atoms with Crippen LogP contribution in [-0.4, -0.2) is 39.6 Å². The molecule has 0 bridgehead atoms. The lowest BCUT2D eigenvalue weighted by Crippen LogP contribution is -2.42. The van der Waals surface area contributed by atoms with Crippen LogP contribution in [-0.2, 0) is 35.0 Å². The highest BCUT2D eigenvalue weighted by molar-refractivity contribution is 5.90. The maximum absolute atomic E-state index is 13.1. The lowest BCUT2D eigenvalue weighted by molar-refractivity contribution is -0.162. The van der Waals surface area contributed by atoms with Crippen molar-refractivity contribution in [1.29, 1.82) is 0 Å². The predicted molar refractivity (Wildman–Crippen MR) is 139 cm³/mol. The average Bonchev–Trinajstić information content (AvgIpc) is 3.41. The monoisotopic (exact) mass is 474 g/mol. The van der Waals surface area contributed by atoms with Gasteiger partial charge in [-0.1, -0.05) is 31.5 Å². The fourth-order valence-electron chi connectivity index (χ4n) is 6.20. The Balaban J connectivity index is 1.62. The van der Waals surface area contributed by atoms with E-state index in [1.807, 2.05) is 32.9 Å². The lowest BCUT2D eigenvalue weighted by Gasteiger charge is -2.32. The van der Waals surface area contributed by atoms with Gasteiger partial charge in [-0.3, -0.25) is 14.7 Å². The van der Waals surface area contributed by atoms with Crippen molar-refractivity contribution in [3.8, 4) is 0 Å². The van der Waals surface area contributed by atoms with Crippen molar-refractivity contribution >= 4 is 16.9 Å². The van der Waals surface area contributed by atoms with Crippen LogP contribution in [0.5, 0.6) is 0 Å². The normalized spacial score (nSPS) is 20.5. The van der Waals surface area contributed by atoms with E-state index >= 15 is 0 Å². The first-order valence-corrected chi connectivity index (χ1v) is 12.9. The molecule has 3 aromatic rings. The number of esters is 1. The van der Waals surface area contributed by atoms with Crippen LogP contribution in [0.1, 0.15) is 67.6 Å². The fraction of sp³-hybridized carbons (Fsp3) is 0.517. The van der Waals surface area contributed by atoms with E-state index in [9.17, 15) is 4.79 Å². The molecule has 4 heterocycles. The predicted octanol–water partition coefficient (Wildman–Crippen LogP) is 4.56. The van der Waals surface area contributed by atoms with Gasteiger partial charge in [-0.25, -0.2) is 0 Å². The summed E-state index contributed by atoms with van der Waals surface area (Å²) in [5.41, 5.74) is 12.8. The summed E-state index contributed by atoms with van der Waals surface area (Å²) < 4.78 is 8.63. The van der Waals surface area contributed by atoms with Crippen LogP contribution in [0.3, 0.4) is 0 Å². The maximum atomic E-state index is 13.1. The van der Waals surface area contributed by atoms with Gasteiger partial charge in [0.25, 0.3) is 0 Å². The van der Waals surface area contributed by atoms with E-state index in [0.717, 1.165) is 18.5 Å². The number of aromatic nitrogens is 2. The Kier molecular flexibility index (Phi) is 6.22. The van der Waals surface area contributed by atoms with Crippen LogP contribution in [0.25, 0.3) is 10.9 Å². The largest absolute Gasteiger partial charge is 0.453 e. The molecule has 0 spiro atoms. The van der Waals surface area contributed by atoms with E-state index in [1.165, 1.54) is 52.7 Å². The molecule has 2 aliphatic rings. The van der Waals surface area contributed by atoms with Crippen LogP contribution in [0.15, 0.2) is 36.7 Å². The molecule has 0 amide bonds. The summed E-state index contributed by atoms with van der Waals surface area (Å²) in [5.74, 6) is -0.372. The van der Waals surface area contributed by atoms with Crippen LogP contribution < -0.4 is 5.73 Å². The number of hydrogen-bond donors (Lipinski definition) is 1. The molecule has 1 fully saturated rings. The highest BCUT2D eigenvalue weighted by Gasteiger charge is 2.38. The van der Waals surface area contributed by atoms with Gasteiger partial charge in [-0.15, -0.1) is 0 Å². The number of ether oxygens (including phenoxy) is 1. The highest BCUT2D eigenvalue weighted by atomic mass is 16.6. The molecule has 0 aliphatic carbocycles. The van der Waals surface area contributed by atoms with Gasteiger partial charge >= 0.3 is 5.97 Å². The Morgan fingerprint density at radius 1 is 1.31 bits per heavy atom. The minimum atomic E-state index is -0.886. The zero-order valence-corrected chi connectivity index (χ0v) is 21.7. The summed E-state index contributed by atoms with van der Waals surface area (Å²) in [7, 11) is 2.20. The zero-order chi connectivity index (χ0) is 24.9. The third kappa shape index (κ3) is 4.17. The van der Waals surface area contributed by atoms with E-state index in [2.05, 4.69) is 40.6 Å². The summed E-state index contributed by atoms with van der Waals surface area (Å²) in [4.78, 5) is 20.1. The molecule has 3 unspecified atom stereocenters. The molecule has 2 N–H and O–H groups in total. The molecule has 6 heteroatoms. The minimum absolute atomic E-state index is 0.000260. The van der Waals surface area contributed by atoms with Gasteiger partial charge in [-0.05, 0) is 62.4 Å². The summed E-state index contributed by atoms with van der Waals surface area (Å²) in [5, 5.41) is 1.35. The molecule has 5 rings (SSSR count). The van der Waals surface area contributed by atoms with Crippen LogP contribution in [0.4, 0.5) is 0 Å². The highest BCUT2D eigenvalue weighted by Crippen LogP contribution is 2.44. The average molecular weight is 475 g/mol. The number of fused-ring (bicyclic) bond motifs is 5. The second kappa shape index (κ2) is 9.07. The number of pyridine rings is 1. The van der Waals surface area contributed by atoms with Crippen molar-refractivity contribution < 1.29 is 9.53 Å². The second-order valence-electron chi connectivity index (χ2n) is 11.0. The van der Waals surface area contributed by atoms with Gasteiger partial charge < -0.3 is 15.0 Å². The van der Waals surface area contributed by atoms with E-state index in [4.69, 9.17) is 10.5 Å². The SMILES string of the molecule is Cc1cc(CC(C)(OC(=O)C(N)C(C)C)c2cccnc2)c2c(c1)c1c(n2C)CCN2CCCC12. The summed E-state index contributed by atoms with van der Waals surface area (Å²) in [6.45, 7) is 10.4. The van der Waals surface area contributed by atoms with Crippen molar-refractivity contribution in [2.24, 2.45) is 18.7 Å². The molecular formula is C29H38N4O2. The summed E-state index contributed by atoms with van der Waals surface area (Å²) in [6, 6.07) is 8.33. The second-order valence-corrected chi connectivity index (χ2v) is 11.0. The summed E-state index contributed by atoms with van der Waals surface area (Å²) >= 11 is 0. The van der Waals surface area contributed by atoms with Crippen molar-refractivity contribution in [3.63, 3.8) is 0 Å². The molecule has 1 saturated heterocycles. The Morgan fingerprint density at radius 3 is 2.83 bits per heavy atom. The van der Waals surface area contributed by atoms with Gasteiger partial charge in [0.2, 0.25) is 0 Å². The van der Waals surface area contributed by atoms with Gasteiger partial charge in [0.15, 0.2) is 0 Å². The van der Waals surface area contributed by atoms with Crippen molar-refractivity contribution in [3.05, 3.63) is 64.6 Å². The minimum Gasteiger partial charge on any atom is -0.453 e. The molecule has 0 radical (unpaired) electrons. The van der Waals surface area contributed by atoms with Gasteiger partial charge in [0.05, 0.1) is 5.52 Å². The van der Waals surface area contributed by atoms with Crippen molar-refractivity contribution in [2.45, 2.75) is 71.1 Å². The molecule has 6 nitrogen and oxygen atoms in total. The van der Waals surface area contributed by atoms with E-state index < -0.39 is 11.6 Å². The number of aryl methyl sites for hydroxylation is 2. The number of nitrogens with zero attached hydrogens (tertiary/aromatic N) is 3. The van der Waals surface area contributed by atoms with E-state index in [-0.39, 0.29) is 11.9 Å². The topological polar surface area (TPSA) is 73.4 Å². The molecule has 0 saturated carbocycles. The number of nitrogens with two attached hydrogens (primary N) is 1. The molecule has 186 valence electrons. The Labute approximate surface area is 208 Å². The fourth-order valence-corrected chi connectivity index (χ4v) is 6.20. The molecule has 2 aliphatic heterocycles. The molecule has 35 heavy (non-hydrogen) atoms. The Bertz CT molecular complexity index is 1250. The van der Waals surface area contributed by atoms with Crippen molar-refractivity contribution in [1.82, 2.24) is 14.5 Å². The first-order chi connectivity index (χ1) is 16.7. The third-order valence-electron chi connectivity index (χ3n) is 8.12. The van der Waals surface area contributed by atoms with Crippen LogP contribution >= 0.6 is 0 Å². The molecular weight excluding hydrogens is 436 g/mol. The van der Waals surface area contributed by atoms with Gasteiger partial charge in [0, 0.05) is 61.5 Å². The maximum Gasteiger partial charge on any atom is 0.324 e. The first-order valence-electron chi connectivity index (χ1n) is 12.9. The molecule has 2 aromatic heterocycles. The number of carbonyl (C=O) groups excluding carboxylic acids is 1. The first kappa shape index (κ1) is 24.0. The Morgan fingerprint density at radius 2 is 2.11 bits per heavy atom.